The fraction of sp³-hybridized carbons (Fsp3) is 0.286. The molecule has 0 aliphatic heterocycles. The summed E-state index contributed by atoms with van der Waals surface area (Å²) < 4.78 is 0. The van der Waals surface area contributed by atoms with Crippen molar-refractivity contribution in [1.29, 1.82) is 0 Å². The van der Waals surface area contributed by atoms with E-state index < -0.39 is 0 Å². The zero-order valence-electron chi connectivity index (χ0n) is 5.44. The first kappa shape index (κ1) is 7.15. The average Bonchev–Trinajstić information content (AvgIpc) is 1.84. The van der Waals surface area contributed by atoms with E-state index in [1.165, 1.54) is 0 Å². The molecule has 0 unspecified atom stereocenters. The quantitative estimate of drug-likeness (QED) is 0.380. The molecule has 0 bridgehead atoms. The van der Waals surface area contributed by atoms with Gasteiger partial charge in [-0.2, -0.15) is 0 Å². The van der Waals surface area contributed by atoms with E-state index in [2.05, 4.69) is 18.3 Å². The van der Waals surface area contributed by atoms with E-state index in [-0.39, 0.29) is 0 Å². The van der Waals surface area contributed by atoms with Gasteiger partial charge in [-0.3, -0.25) is 4.99 Å². The summed E-state index contributed by atoms with van der Waals surface area (Å²) in [5.74, 6) is 0. The molecular weight excluding hydrogens is 98.1 g/mol. The number of allylic oxidation sites excluding steroid dienone is 3. The van der Waals surface area contributed by atoms with E-state index >= 15 is 0 Å². The Balaban J connectivity index is 4.25. The lowest BCUT2D eigenvalue weighted by Gasteiger charge is -1.91. The Morgan fingerprint density at radius 2 is 2.00 bits per heavy atom. The second-order valence-corrected chi connectivity index (χ2v) is 1.63. The highest BCUT2D eigenvalue weighted by molar-refractivity contribution is 5.31. The Kier molecular flexibility index (Phi) is 2.85. The van der Waals surface area contributed by atoms with Crippen LogP contribution in [0.15, 0.2) is 28.9 Å². The van der Waals surface area contributed by atoms with Crippen molar-refractivity contribution in [2.24, 2.45) is 4.99 Å². The van der Waals surface area contributed by atoms with Crippen LogP contribution in [0.3, 0.4) is 0 Å². The van der Waals surface area contributed by atoms with Gasteiger partial charge in [0.1, 0.15) is 0 Å². The molecule has 0 radical (unpaired) electrons. The average molecular weight is 109 g/mol. The Morgan fingerprint density at radius 1 is 1.50 bits per heavy atom. The molecule has 0 rings (SSSR count). The van der Waals surface area contributed by atoms with Gasteiger partial charge in [0.25, 0.3) is 0 Å². The van der Waals surface area contributed by atoms with Gasteiger partial charge in [0.2, 0.25) is 0 Å². The second kappa shape index (κ2) is 3.19. The summed E-state index contributed by atoms with van der Waals surface area (Å²) >= 11 is 0. The van der Waals surface area contributed by atoms with E-state index in [0.717, 1.165) is 11.3 Å². The van der Waals surface area contributed by atoms with Crippen molar-refractivity contribution in [2.75, 3.05) is 0 Å². The largest absolute Gasteiger partial charge is 0.269 e. The van der Waals surface area contributed by atoms with E-state index in [9.17, 15) is 0 Å². The van der Waals surface area contributed by atoms with Crippen LogP contribution in [-0.4, -0.2) is 6.72 Å². The van der Waals surface area contributed by atoms with Crippen molar-refractivity contribution < 1.29 is 0 Å². The summed E-state index contributed by atoms with van der Waals surface area (Å²) in [5.41, 5.74) is 2.03. The lowest BCUT2D eigenvalue weighted by atomic mass is 10.2. The van der Waals surface area contributed by atoms with Gasteiger partial charge in [-0.15, -0.1) is 0 Å². The molecule has 44 valence electrons. The van der Waals surface area contributed by atoms with Crippen molar-refractivity contribution in [2.45, 2.75) is 13.8 Å². The van der Waals surface area contributed by atoms with Gasteiger partial charge >= 0.3 is 0 Å². The molecule has 0 heterocycles. The minimum absolute atomic E-state index is 0.944. The molecule has 0 fully saturated rings. The van der Waals surface area contributed by atoms with Gasteiger partial charge in [-0.05, 0) is 26.1 Å². The van der Waals surface area contributed by atoms with Crippen LogP contribution in [-0.2, 0) is 0 Å². The zero-order chi connectivity index (χ0) is 6.57. The lowest BCUT2D eigenvalue weighted by Crippen LogP contribution is -1.72. The molecule has 8 heavy (non-hydrogen) atoms. The molecule has 0 aliphatic rings. The maximum absolute atomic E-state index is 3.72. The fourth-order valence-electron chi connectivity index (χ4n) is 0.272. The molecular formula is C7H11N. The first-order chi connectivity index (χ1) is 3.72. The van der Waals surface area contributed by atoms with Gasteiger partial charge in [-0.1, -0.05) is 12.7 Å². The molecule has 0 amide bonds. The topological polar surface area (TPSA) is 12.4 Å². The van der Waals surface area contributed by atoms with Crippen LogP contribution < -0.4 is 0 Å². The van der Waals surface area contributed by atoms with Gasteiger partial charge in [-0.25, -0.2) is 0 Å². The zero-order valence-corrected chi connectivity index (χ0v) is 5.44. The first-order valence-corrected chi connectivity index (χ1v) is 2.49. The Hall–Kier alpha value is -0.850. The summed E-state index contributed by atoms with van der Waals surface area (Å²) in [7, 11) is 0. The Labute approximate surface area is 50.4 Å². The van der Waals surface area contributed by atoms with E-state index in [4.69, 9.17) is 0 Å². The van der Waals surface area contributed by atoms with Crippen LogP contribution in [0.5, 0.6) is 0 Å². The van der Waals surface area contributed by atoms with Crippen molar-refractivity contribution >= 4 is 6.72 Å². The van der Waals surface area contributed by atoms with Crippen LogP contribution >= 0.6 is 0 Å². The van der Waals surface area contributed by atoms with Crippen LogP contribution in [0.2, 0.25) is 0 Å². The molecule has 0 aromatic rings. The maximum Gasteiger partial charge on any atom is 0.0394 e. The minimum atomic E-state index is 0.944. The lowest BCUT2D eigenvalue weighted by molar-refractivity contribution is 1.25. The molecule has 0 N–H and O–H groups in total. The predicted octanol–water partition coefficient (Wildman–Crippen LogP) is 2.17. The van der Waals surface area contributed by atoms with Gasteiger partial charge < -0.3 is 0 Å². The van der Waals surface area contributed by atoms with Crippen LogP contribution in [0, 0.1) is 0 Å². The molecule has 0 spiro atoms. The molecule has 0 aromatic carbocycles. The summed E-state index contributed by atoms with van der Waals surface area (Å²) in [6.45, 7) is 10.8. The van der Waals surface area contributed by atoms with E-state index in [1.54, 1.807) is 6.08 Å². The normalized spacial score (nSPS) is 12.2. The van der Waals surface area contributed by atoms with Crippen LogP contribution in [0.1, 0.15) is 13.8 Å². The summed E-state index contributed by atoms with van der Waals surface area (Å²) in [6.07, 6.45) is 1.77. The number of hydrogen-bond acceptors (Lipinski definition) is 1. The van der Waals surface area contributed by atoms with Gasteiger partial charge in [0.05, 0.1) is 0 Å². The van der Waals surface area contributed by atoms with Gasteiger partial charge in [0, 0.05) is 5.70 Å². The fourth-order valence-corrected chi connectivity index (χ4v) is 0.272. The monoisotopic (exact) mass is 109 g/mol. The third-order valence-corrected chi connectivity index (χ3v) is 1.11. The standard InChI is InChI=1S/C7H11N/c1-5-6(2)7(3)8-4/h5H,1,4H2,2-3H3/b7-6+. The molecule has 1 nitrogen and oxygen atoms in total. The number of rotatable bonds is 2. The van der Waals surface area contributed by atoms with E-state index in [0.29, 0.717) is 0 Å². The maximum atomic E-state index is 3.72. The molecule has 0 saturated carbocycles. The second-order valence-electron chi connectivity index (χ2n) is 1.63. The molecule has 1 heteroatoms. The molecule has 0 aliphatic carbocycles. The molecule has 0 atom stereocenters. The van der Waals surface area contributed by atoms with Crippen molar-refractivity contribution in [1.82, 2.24) is 0 Å². The van der Waals surface area contributed by atoms with Crippen molar-refractivity contribution in [3.8, 4) is 0 Å². The highest BCUT2D eigenvalue weighted by atomic mass is 14.7. The van der Waals surface area contributed by atoms with Gasteiger partial charge in [0.15, 0.2) is 0 Å². The van der Waals surface area contributed by atoms with Crippen molar-refractivity contribution in [3.05, 3.63) is 23.9 Å². The van der Waals surface area contributed by atoms with E-state index in [1.807, 2.05) is 13.8 Å². The molecule has 0 saturated heterocycles. The SMILES string of the molecule is C=C/C(C)=C(\C)N=C. The number of hydrogen-bond donors (Lipinski definition) is 0. The summed E-state index contributed by atoms with van der Waals surface area (Å²) in [5, 5.41) is 0. The third kappa shape index (κ3) is 1.73. The first-order valence-electron chi connectivity index (χ1n) is 2.49. The third-order valence-electron chi connectivity index (χ3n) is 1.11. The summed E-state index contributed by atoms with van der Waals surface area (Å²) in [6, 6.07) is 0. The number of aliphatic imine (C=N–C) groups is 1. The highest BCUT2D eigenvalue weighted by Crippen LogP contribution is 2.02. The minimum Gasteiger partial charge on any atom is -0.269 e. The van der Waals surface area contributed by atoms with Crippen LogP contribution in [0.25, 0.3) is 0 Å². The Bertz CT molecular complexity index is 115. The van der Waals surface area contributed by atoms with Crippen molar-refractivity contribution in [3.63, 3.8) is 0 Å². The predicted molar refractivity (Wildman–Crippen MR) is 38.1 cm³/mol. The smallest absolute Gasteiger partial charge is 0.0394 e. The molecule has 0 aromatic heterocycles. The summed E-state index contributed by atoms with van der Waals surface area (Å²) in [4.78, 5) is 3.72. The van der Waals surface area contributed by atoms with Crippen LogP contribution in [0.4, 0.5) is 0 Å². The Morgan fingerprint density at radius 3 is 2.12 bits per heavy atom. The number of nitrogens with zero attached hydrogens (tertiary/aromatic N) is 1. The highest BCUT2D eigenvalue weighted by Gasteiger charge is 1.83.